The number of ether oxygens (including phenoxy) is 2. The molecule has 0 amide bonds. The Kier molecular flexibility index (Phi) is 3.51. The smallest absolute Gasteiger partial charge is 0.220 e. The summed E-state index contributed by atoms with van der Waals surface area (Å²) in [6.07, 6.45) is 5.24. The molecule has 0 unspecified atom stereocenters. The molecule has 1 aromatic carbocycles. The molecule has 0 bridgehead atoms. The molecule has 24 heavy (non-hydrogen) atoms. The van der Waals surface area contributed by atoms with Crippen molar-refractivity contribution in [3.8, 4) is 11.5 Å². The summed E-state index contributed by atoms with van der Waals surface area (Å²) in [4.78, 5) is 11.0. The summed E-state index contributed by atoms with van der Waals surface area (Å²) in [7, 11) is 0. The number of nitrogens with two attached hydrogens (primary N) is 2. The first-order chi connectivity index (χ1) is 11.6. The fourth-order valence-corrected chi connectivity index (χ4v) is 3.89. The summed E-state index contributed by atoms with van der Waals surface area (Å²) >= 11 is 0. The second-order valence-electron chi connectivity index (χ2n) is 6.60. The zero-order valence-electron chi connectivity index (χ0n) is 13.9. The van der Waals surface area contributed by atoms with Crippen LogP contribution in [0.25, 0.3) is 0 Å². The normalized spacial score (nSPS) is 22.1. The third-order valence-electron chi connectivity index (χ3n) is 4.95. The number of benzene rings is 1. The molecule has 4 N–H and O–H groups in total. The summed E-state index contributed by atoms with van der Waals surface area (Å²) < 4.78 is 11.4. The largest absolute Gasteiger partial charge is 0.486 e. The van der Waals surface area contributed by atoms with Crippen molar-refractivity contribution in [1.82, 2.24) is 0 Å². The molecule has 3 aliphatic rings. The van der Waals surface area contributed by atoms with Gasteiger partial charge in [0.25, 0.3) is 0 Å². The molecule has 2 heterocycles. The minimum atomic E-state index is -0.442. The van der Waals surface area contributed by atoms with Gasteiger partial charge in [0.05, 0.1) is 5.69 Å². The molecule has 0 saturated heterocycles. The first-order valence-corrected chi connectivity index (χ1v) is 8.49. The molecule has 1 saturated carbocycles. The van der Waals surface area contributed by atoms with E-state index in [9.17, 15) is 0 Å². The molecule has 0 radical (unpaired) electrons. The molecule has 7 nitrogen and oxygen atoms in total. The van der Waals surface area contributed by atoms with Crippen molar-refractivity contribution in [1.29, 1.82) is 0 Å². The Labute approximate surface area is 141 Å². The summed E-state index contributed by atoms with van der Waals surface area (Å²) in [6, 6.07) is 3.98. The van der Waals surface area contributed by atoms with Crippen LogP contribution in [0, 0.1) is 6.92 Å². The quantitative estimate of drug-likeness (QED) is 0.819. The van der Waals surface area contributed by atoms with Crippen LogP contribution in [0.1, 0.15) is 37.7 Å². The van der Waals surface area contributed by atoms with E-state index < -0.39 is 5.66 Å². The van der Waals surface area contributed by atoms with Crippen LogP contribution in [0.2, 0.25) is 0 Å². The molecule has 128 valence electrons. The number of anilines is 1. The van der Waals surface area contributed by atoms with E-state index in [1.807, 2.05) is 24.0 Å². The molecule has 4 rings (SSSR count). The van der Waals surface area contributed by atoms with Crippen molar-refractivity contribution < 1.29 is 9.47 Å². The first kappa shape index (κ1) is 15.1. The van der Waals surface area contributed by atoms with E-state index >= 15 is 0 Å². The minimum absolute atomic E-state index is 0.265. The van der Waals surface area contributed by atoms with Crippen LogP contribution in [-0.2, 0) is 0 Å². The van der Waals surface area contributed by atoms with Gasteiger partial charge in [-0.2, -0.15) is 4.99 Å². The molecule has 1 aromatic rings. The number of rotatable bonds is 1. The summed E-state index contributed by atoms with van der Waals surface area (Å²) in [5, 5.41) is 0. The van der Waals surface area contributed by atoms with Crippen LogP contribution >= 0.6 is 0 Å². The second-order valence-corrected chi connectivity index (χ2v) is 6.60. The average Bonchev–Trinajstić information content (AvgIpc) is 2.55. The molecular weight excluding hydrogens is 306 g/mol. The number of aliphatic imine (C=N–C) groups is 2. The SMILES string of the molecule is Cc1cc2c(cc1N1C(N)=NC(N)=NC13CCCCC3)OCCO2. The topological polar surface area (TPSA) is 98.5 Å². The molecule has 0 aromatic heterocycles. The number of hydrogen-bond donors (Lipinski definition) is 2. The third kappa shape index (κ3) is 2.35. The number of hydrogen-bond acceptors (Lipinski definition) is 7. The van der Waals surface area contributed by atoms with Gasteiger partial charge < -0.3 is 20.9 Å². The van der Waals surface area contributed by atoms with E-state index in [2.05, 4.69) is 4.99 Å². The van der Waals surface area contributed by atoms with E-state index in [1.165, 1.54) is 6.42 Å². The minimum Gasteiger partial charge on any atom is -0.486 e. The maximum absolute atomic E-state index is 6.29. The molecular formula is C17H23N5O2. The van der Waals surface area contributed by atoms with Crippen molar-refractivity contribution in [2.24, 2.45) is 21.5 Å². The van der Waals surface area contributed by atoms with Gasteiger partial charge in [-0.05, 0) is 44.2 Å². The van der Waals surface area contributed by atoms with Crippen molar-refractivity contribution >= 4 is 17.6 Å². The van der Waals surface area contributed by atoms with Crippen LogP contribution in [-0.4, -0.2) is 30.8 Å². The number of nitrogens with zero attached hydrogens (tertiary/aromatic N) is 3. The lowest BCUT2D eigenvalue weighted by Gasteiger charge is -2.46. The van der Waals surface area contributed by atoms with Gasteiger partial charge in [-0.25, -0.2) is 4.99 Å². The molecule has 1 spiro atoms. The van der Waals surface area contributed by atoms with E-state index in [4.69, 9.17) is 25.9 Å². The Morgan fingerprint density at radius 2 is 1.71 bits per heavy atom. The van der Waals surface area contributed by atoms with Crippen molar-refractivity contribution in [2.75, 3.05) is 18.1 Å². The van der Waals surface area contributed by atoms with Gasteiger partial charge >= 0.3 is 0 Å². The average molecular weight is 329 g/mol. The van der Waals surface area contributed by atoms with Gasteiger partial charge in [0.2, 0.25) is 11.9 Å². The Balaban J connectivity index is 1.82. The van der Waals surface area contributed by atoms with E-state index in [1.54, 1.807) is 0 Å². The Morgan fingerprint density at radius 3 is 2.42 bits per heavy atom. The molecule has 0 atom stereocenters. The number of fused-ring (bicyclic) bond motifs is 1. The Morgan fingerprint density at radius 1 is 1.04 bits per heavy atom. The predicted molar refractivity (Wildman–Crippen MR) is 93.7 cm³/mol. The van der Waals surface area contributed by atoms with Gasteiger partial charge in [0, 0.05) is 6.07 Å². The van der Waals surface area contributed by atoms with Crippen molar-refractivity contribution in [3.05, 3.63) is 17.7 Å². The van der Waals surface area contributed by atoms with Gasteiger partial charge in [-0.1, -0.05) is 6.42 Å². The molecule has 1 fully saturated rings. The van der Waals surface area contributed by atoms with E-state index in [-0.39, 0.29) is 5.96 Å². The molecule has 1 aliphatic carbocycles. The lowest BCUT2D eigenvalue weighted by Crippen LogP contribution is -2.58. The highest BCUT2D eigenvalue weighted by Gasteiger charge is 2.43. The first-order valence-electron chi connectivity index (χ1n) is 8.49. The van der Waals surface area contributed by atoms with Crippen LogP contribution in [0.5, 0.6) is 11.5 Å². The van der Waals surface area contributed by atoms with Crippen LogP contribution in [0.15, 0.2) is 22.1 Å². The Hall–Kier alpha value is -2.44. The summed E-state index contributed by atoms with van der Waals surface area (Å²) in [5.41, 5.74) is 13.8. The standard InChI is InChI=1S/C17H23N5O2/c1-11-9-13-14(24-8-7-23-13)10-12(11)22-16(19)20-15(18)21-17(22)5-3-2-4-6-17/h9-10H,2-8H2,1H3,(H4,18,19,20,21). The maximum Gasteiger partial charge on any atom is 0.220 e. The predicted octanol–water partition coefficient (Wildman–Crippen LogP) is 1.88. The molecule has 2 aliphatic heterocycles. The lowest BCUT2D eigenvalue weighted by molar-refractivity contribution is 0.171. The third-order valence-corrected chi connectivity index (χ3v) is 4.95. The van der Waals surface area contributed by atoms with Crippen molar-refractivity contribution in [3.63, 3.8) is 0 Å². The van der Waals surface area contributed by atoms with Gasteiger partial charge in [0.1, 0.15) is 18.9 Å². The van der Waals surface area contributed by atoms with Gasteiger partial charge in [-0.3, -0.25) is 4.90 Å². The molecule has 7 heteroatoms. The highest BCUT2D eigenvalue weighted by atomic mass is 16.6. The van der Waals surface area contributed by atoms with Gasteiger partial charge in [-0.15, -0.1) is 0 Å². The monoisotopic (exact) mass is 329 g/mol. The number of guanidine groups is 2. The Bertz CT molecular complexity index is 722. The summed E-state index contributed by atoms with van der Waals surface area (Å²) in [5.74, 6) is 2.17. The highest BCUT2D eigenvalue weighted by molar-refractivity contribution is 6.06. The zero-order valence-corrected chi connectivity index (χ0v) is 13.9. The van der Waals surface area contributed by atoms with Crippen molar-refractivity contribution in [2.45, 2.75) is 44.7 Å². The zero-order chi connectivity index (χ0) is 16.7. The van der Waals surface area contributed by atoms with E-state index in [0.29, 0.717) is 19.2 Å². The maximum atomic E-state index is 6.29. The van der Waals surface area contributed by atoms with E-state index in [0.717, 1.165) is 48.4 Å². The number of aryl methyl sites for hydroxylation is 1. The fraction of sp³-hybridized carbons (Fsp3) is 0.529. The second kappa shape index (κ2) is 5.58. The fourth-order valence-electron chi connectivity index (χ4n) is 3.89. The van der Waals surface area contributed by atoms with Crippen LogP contribution in [0.4, 0.5) is 5.69 Å². The van der Waals surface area contributed by atoms with Crippen LogP contribution in [0.3, 0.4) is 0 Å². The van der Waals surface area contributed by atoms with Crippen LogP contribution < -0.4 is 25.8 Å². The van der Waals surface area contributed by atoms with Gasteiger partial charge in [0.15, 0.2) is 11.5 Å². The summed E-state index contributed by atoms with van der Waals surface area (Å²) in [6.45, 7) is 3.16. The highest BCUT2D eigenvalue weighted by Crippen LogP contribution is 2.44. The lowest BCUT2D eigenvalue weighted by atomic mass is 9.87.